The Morgan fingerprint density at radius 3 is 2.11 bits per heavy atom. The van der Waals surface area contributed by atoms with Crippen molar-refractivity contribution < 1.29 is 0 Å². The van der Waals surface area contributed by atoms with Gasteiger partial charge in [-0.05, 0) is 36.8 Å². The zero-order chi connectivity index (χ0) is 13.2. The Balaban J connectivity index is 2.93. The van der Waals surface area contributed by atoms with E-state index in [9.17, 15) is 0 Å². The molecule has 0 nitrogen and oxygen atoms in total. The molecule has 0 fully saturated rings. The second-order valence-corrected chi connectivity index (χ2v) is 5.01. The summed E-state index contributed by atoms with van der Waals surface area (Å²) in [5.41, 5.74) is 4.73. The summed E-state index contributed by atoms with van der Waals surface area (Å²) in [6, 6.07) is 11.0. The first-order valence-electron chi connectivity index (χ1n) is 7.59. The first-order chi connectivity index (χ1) is 8.83. The van der Waals surface area contributed by atoms with Crippen molar-refractivity contribution >= 4 is 5.57 Å². The second kappa shape index (κ2) is 8.97. The van der Waals surface area contributed by atoms with Crippen molar-refractivity contribution in [1.82, 2.24) is 0 Å². The summed E-state index contributed by atoms with van der Waals surface area (Å²) in [6.45, 7) is 6.86. The van der Waals surface area contributed by atoms with Crippen LogP contribution in [-0.2, 0) is 0 Å². The van der Waals surface area contributed by atoms with E-state index in [-0.39, 0.29) is 0 Å². The topological polar surface area (TPSA) is 0 Å². The van der Waals surface area contributed by atoms with Crippen molar-refractivity contribution in [3.8, 4) is 0 Å². The largest absolute Gasteiger partial charge is 0.0667 e. The molecule has 100 valence electrons. The van der Waals surface area contributed by atoms with Crippen LogP contribution in [0.2, 0.25) is 0 Å². The van der Waals surface area contributed by atoms with E-state index in [1.807, 2.05) is 0 Å². The van der Waals surface area contributed by atoms with Crippen molar-refractivity contribution in [1.29, 1.82) is 0 Å². The number of allylic oxidation sites excluding steroid dienone is 2. The van der Waals surface area contributed by atoms with E-state index in [4.69, 9.17) is 0 Å². The Labute approximate surface area is 113 Å². The lowest BCUT2D eigenvalue weighted by atomic mass is 9.91. The molecule has 0 amide bonds. The molecule has 0 N–H and O–H groups in total. The molecular formula is C18H28. The van der Waals surface area contributed by atoms with E-state index < -0.39 is 0 Å². The minimum Gasteiger partial charge on any atom is -0.0667 e. The highest BCUT2D eigenvalue weighted by Crippen LogP contribution is 2.29. The van der Waals surface area contributed by atoms with E-state index in [1.165, 1.54) is 50.5 Å². The smallest absolute Gasteiger partial charge is 0.0225 e. The van der Waals surface area contributed by atoms with Gasteiger partial charge >= 0.3 is 0 Å². The molecule has 1 rings (SSSR count). The minimum atomic E-state index is 1.20. The normalized spacial score (nSPS) is 12.4. The van der Waals surface area contributed by atoms with Crippen LogP contribution >= 0.6 is 0 Å². The van der Waals surface area contributed by atoms with Crippen LogP contribution in [0.25, 0.3) is 5.57 Å². The predicted molar refractivity (Wildman–Crippen MR) is 82.7 cm³/mol. The van der Waals surface area contributed by atoms with Gasteiger partial charge in [-0.1, -0.05) is 75.9 Å². The van der Waals surface area contributed by atoms with E-state index in [2.05, 4.69) is 51.1 Å². The van der Waals surface area contributed by atoms with Gasteiger partial charge in [0.25, 0.3) is 0 Å². The van der Waals surface area contributed by atoms with Crippen molar-refractivity contribution in [2.24, 2.45) is 0 Å². The third-order valence-electron chi connectivity index (χ3n) is 3.56. The first-order valence-corrected chi connectivity index (χ1v) is 7.59. The van der Waals surface area contributed by atoms with Gasteiger partial charge in [0.2, 0.25) is 0 Å². The van der Waals surface area contributed by atoms with Crippen LogP contribution in [0.15, 0.2) is 35.9 Å². The molecule has 0 aliphatic rings. The maximum atomic E-state index is 2.30. The Morgan fingerprint density at radius 1 is 0.833 bits per heavy atom. The molecule has 0 unspecified atom stereocenters. The van der Waals surface area contributed by atoms with E-state index in [0.717, 1.165) is 0 Å². The van der Waals surface area contributed by atoms with Crippen LogP contribution < -0.4 is 0 Å². The van der Waals surface area contributed by atoms with Crippen LogP contribution in [0, 0.1) is 0 Å². The molecule has 0 aliphatic heterocycles. The Kier molecular flexibility index (Phi) is 7.48. The molecule has 0 heterocycles. The summed E-state index contributed by atoms with van der Waals surface area (Å²) in [5, 5.41) is 0. The molecule has 0 saturated heterocycles. The van der Waals surface area contributed by atoms with Gasteiger partial charge in [-0.25, -0.2) is 0 Å². The maximum Gasteiger partial charge on any atom is -0.0225 e. The molecule has 0 atom stereocenters. The standard InChI is InChI=1S/C18H28/c1-4-7-9-15-18(16(6-3)12-5-2)17-13-10-8-11-14-17/h8,10-11,13-14H,4-7,9,12,15H2,1-3H3/b18-16-. The van der Waals surface area contributed by atoms with Crippen LogP contribution in [0.5, 0.6) is 0 Å². The van der Waals surface area contributed by atoms with Gasteiger partial charge < -0.3 is 0 Å². The molecule has 1 aromatic rings. The molecule has 0 saturated carbocycles. The Bertz CT molecular complexity index is 346. The quantitative estimate of drug-likeness (QED) is 0.475. The zero-order valence-corrected chi connectivity index (χ0v) is 12.3. The molecule has 0 bridgehead atoms. The average molecular weight is 244 g/mol. The van der Waals surface area contributed by atoms with E-state index in [1.54, 1.807) is 11.1 Å². The SMILES string of the molecule is CCCCC/C(=C(\CC)CCC)c1ccccc1. The fourth-order valence-electron chi connectivity index (χ4n) is 2.56. The predicted octanol–water partition coefficient (Wildman–Crippen LogP) is 6.23. The van der Waals surface area contributed by atoms with Gasteiger partial charge in [0.1, 0.15) is 0 Å². The van der Waals surface area contributed by atoms with E-state index >= 15 is 0 Å². The number of hydrogen-bond acceptors (Lipinski definition) is 0. The molecule has 1 aromatic carbocycles. The van der Waals surface area contributed by atoms with Gasteiger partial charge in [-0.15, -0.1) is 0 Å². The van der Waals surface area contributed by atoms with Crippen LogP contribution in [0.1, 0.15) is 71.3 Å². The van der Waals surface area contributed by atoms with Crippen molar-refractivity contribution in [3.63, 3.8) is 0 Å². The van der Waals surface area contributed by atoms with Crippen molar-refractivity contribution in [2.45, 2.75) is 65.7 Å². The zero-order valence-electron chi connectivity index (χ0n) is 12.3. The highest BCUT2D eigenvalue weighted by Gasteiger charge is 2.07. The number of benzene rings is 1. The lowest BCUT2D eigenvalue weighted by Gasteiger charge is -2.14. The fourth-order valence-corrected chi connectivity index (χ4v) is 2.56. The molecule has 18 heavy (non-hydrogen) atoms. The van der Waals surface area contributed by atoms with Gasteiger partial charge in [-0.2, -0.15) is 0 Å². The van der Waals surface area contributed by atoms with Gasteiger partial charge in [0.05, 0.1) is 0 Å². The summed E-state index contributed by atoms with van der Waals surface area (Å²) in [7, 11) is 0. The molecule has 0 heteroatoms. The average Bonchev–Trinajstić information content (AvgIpc) is 2.43. The molecular weight excluding hydrogens is 216 g/mol. The minimum absolute atomic E-state index is 1.20. The van der Waals surface area contributed by atoms with Crippen LogP contribution in [-0.4, -0.2) is 0 Å². The number of rotatable bonds is 8. The first kappa shape index (κ1) is 15.0. The Hall–Kier alpha value is -1.04. The summed E-state index contributed by atoms with van der Waals surface area (Å²) < 4.78 is 0. The van der Waals surface area contributed by atoms with Gasteiger partial charge in [0.15, 0.2) is 0 Å². The van der Waals surface area contributed by atoms with Crippen LogP contribution in [0.3, 0.4) is 0 Å². The fraction of sp³-hybridized carbons (Fsp3) is 0.556. The third kappa shape index (κ3) is 4.68. The highest BCUT2D eigenvalue weighted by molar-refractivity contribution is 5.68. The van der Waals surface area contributed by atoms with Crippen LogP contribution in [0.4, 0.5) is 0 Å². The van der Waals surface area contributed by atoms with Gasteiger partial charge in [0, 0.05) is 0 Å². The summed E-state index contributed by atoms with van der Waals surface area (Å²) in [4.78, 5) is 0. The molecule has 0 aliphatic carbocycles. The monoisotopic (exact) mass is 244 g/mol. The Morgan fingerprint density at radius 2 is 1.56 bits per heavy atom. The number of hydrogen-bond donors (Lipinski definition) is 0. The number of unbranched alkanes of at least 4 members (excludes halogenated alkanes) is 2. The maximum absolute atomic E-state index is 2.30. The highest BCUT2D eigenvalue weighted by atomic mass is 14.1. The lowest BCUT2D eigenvalue weighted by molar-refractivity contribution is 0.729. The lowest BCUT2D eigenvalue weighted by Crippen LogP contribution is -1.93. The summed E-state index contributed by atoms with van der Waals surface area (Å²) in [6.07, 6.45) is 8.94. The van der Waals surface area contributed by atoms with Crippen molar-refractivity contribution in [3.05, 3.63) is 41.5 Å². The second-order valence-electron chi connectivity index (χ2n) is 5.01. The molecule has 0 spiro atoms. The van der Waals surface area contributed by atoms with Gasteiger partial charge in [-0.3, -0.25) is 0 Å². The van der Waals surface area contributed by atoms with Crippen molar-refractivity contribution in [2.75, 3.05) is 0 Å². The molecule has 0 radical (unpaired) electrons. The van der Waals surface area contributed by atoms with E-state index in [0.29, 0.717) is 0 Å². The molecule has 0 aromatic heterocycles. The summed E-state index contributed by atoms with van der Waals surface area (Å²) in [5.74, 6) is 0. The third-order valence-corrected chi connectivity index (χ3v) is 3.56. The summed E-state index contributed by atoms with van der Waals surface area (Å²) >= 11 is 0.